The maximum absolute atomic E-state index is 14.2. The normalized spacial score (nSPS) is 16.0. The van der Waals surface area contributed by atoms with Gasteiger partial charge in [-0.15, -0.1) is 0 Å². The Hall–Kier alpha value is -2.58. The van der Waals surface area contributed by atoms with E-state index in [0.29, 0.717) is 0 Å². The first-order chi connectivity index (χ1) is 12.1. The smallest absolute Gasteiger partial charge is 0.258 e. The van der Waals surface area contributed by atoms with Crippen LogP contribution < -0.4 is 10.5 Å². The Morgan fingerprint density at radius 1 is 1.12 bits per heavy atom. The Bertz CT molecular complexity index is 920. The molecule has 0 saturated heterocycles. The van der Waals surface area contributed by atoms with E-state index in [4.69, 9.17) is 33.7 Å². The minimum absolute atomic E-state index is 0.0525. The predicted octanol–water partition coefficient (Wildman–Crippen LogP) is 2.80. The maximum Gasteiger partial charge on any atom is 0.258 e. The first-order valence-electron chi connectivity index (χ1n) is 7.27. The third kappa shape index (κ3) is 2.62. The summed E-state index contributed by atoms with van der Waals surface area (Å²) in [4.78, 5) is 11.4. The van der Waals surface area contributed by atoms with E-state index >= 15 is 0 Å². The highest BCUT2D eigenvalue weighted by atomic mass is 35.5. The molecule has 138 valence electrons. The molecule has 1 aliphatic heterocycles. The van der Waals surface area contributed by atoms with Crippen LogP contribution in [-0.4, -0.2) is 32.4 Å². The Morgan fingerprint density at radius 3 is 2.23 bits per heavy atom. The lowest BCUT2D eigenvalue weighted by Gasteiger charge is -2.27. The summed E-state index contributed by atoms with van der Waals surface area (Å²) in [6.07, 6.45) is -0.847. The molecule has 26 heavy (non-hydrogen) atoms. The molecule has 0 saturated carbocycles. The zero-order valence-electron chi connectivity index (χ0n) is 12.9. The molecule has 1 aliphatic rings. The molecule has 1 heterocycles. The van der Waals surface area contributed by atoms with Crippen molar-refractivity contribution in [2.45, 2.75) is 18.9 Å². The minimum Gasteiger partial charge on any atom is -0.505 e. The molecule has 1 amide bonds. The van der Waals surface area contributed by atoms with Gasteiger partial charge >= 0.3 is 0 Å². The maximum atomic E-state index is 14.2. The van der Waals surface area contributed by atoms with Crippen molar-refractivity contribution in [2.24, 2.45) is 5.73 Å². The summed E-state index contributed by atoms with van der Waals surface area (Å²) in [5.74, 6) is -5.30. The van der Waals surface area contributed by atoms with Crippen LogP contribution in [0.3, 0.4) is 0 Å². The van der Waals surface area contributed by atoms with Crippen LogP contribution in [-0.2, 0) is 11.2 Å². The molecule has 3 rings (SSSR count). The van der Waals surface area contributed by atoms with Crippen LogP contribution in [0, 0.1) is 5.82 Å². The summed E-state index contributed by atoms with van der Waals surface area (Å²) in [6, 6.07) is 0.820. The fraction of sp³-hybridized carbons (Fsp3) is 0.188. The molecular weight excluding hydrogens is 392 g/mol. The summed E-state index contributed by atoms with van der Waals surface area (Å²) in [5.41, 5.74) is 4.91. The number of phenols is 4. The zero-order valence-corrected chi connectivity index (χ0v) is 14.4. The van der Waals surface area contributed by atoms with Crippen LogP contribution in [0.25, 0.3) is 11.1 Å². The average Bonchev–Trinajstić information content (AvgIpc) is 2.62. The van der Waals surface area contributed by atoms with Gasteiger partial charge in [0.15, 0.2) is 29.2 Å². The van der Waals surface area contributed by atoms with Gasteiger partial charge in [-0.1, -0.05) is 23.2 Å². The minimum atomic E-state index is -1.04. The molecule has 2 aromatic rings. The number of aromatic hydroxyl groups is 4. The second-order valence-electron chi connectivity index (χ2n) is 5.66. The van der Waals surface area contributed by atoms with Crippen molar-refractivity contribution in [3.05, 3.63) is 27.5 Å². The number of benzene rings is 2. The van der Waals surface area contributed by atoms with Crippen molar-refractivity contribution >= 4 is 29.1 Å². The lowest BCUT2D eigenvalue weighted by Crippen LogP contribution is -2.36. The fourth-order valence-electron chi connectivity index (χ4n) is 2.79. The largest absolute Gasteiger partial charge is 0.505 e. The van der Waals surface area contributed by atoms with Crippen LogP contribution in [0.15, 0.2) is 6.07 Å². The number of phenolic OH excluding ortho intramolecular Hbond substituents is 4. The number of carbonyl (C=O) groups is 1. The third-order valence-corrected chi connectivity index (χ3v) is 4.84. The first kappa shape index (κ1) is 18.2. The van der Waals surface area contributed by atoms with Gasteiger partial charge in [0.25, 0.3) is 5.91 Å². The first-order valence-corrected chi connectivity index (χ1v) is 8.03. The van der Waals surface area contributed by atoms with Crippen molar-refractivity contribution in [2.75, 3.05) is 0 Å². The van der Waals surface area contributed by atoms with Crippen LogP contribution >= 0.6 is 23.2 Å². The summed E-state index contributed by atoms with van der Waals surface area (Å²) in [7, 11) is 0. The van der Waals surface area contributed by atoms with Crippen LogP contribution in [0.5, 0.6) is 28.7 Å². The van der Waals surface area contributed by atoms with Gasteiger partial charge in [0.2, 0.25) is 5.75 Å². The number of carbonyl (C=O) groups excluding carboxylic acids is 1. The number of primary amides is 1. The van der Waals surface area contributed by atoms with Gasteiger partial charge in [-0.3, -0.25) is 4.79 Å². The van der Waals surface area contributed by atoms with Crippen molar-refractivity contribution in [3.8, 4) is 39.9 Å². The number of hydrogen-bond donors (Lipinski definition) is 5. The number of halogens is 3. The van der Waals surface area contributed by atoms with E-state index in [9.17, 15) is 29.6 Å². The molecule has 0 fully saturated rings. The molecule has 0 aromatic heterocycles. The van der Waals surface area contributed by atoms with E-state index in [1.54, 1.807) is 0 Å². The van der Waals surface area contributed by atoms with E-state index in [2.05, 4.69) is 0 Å². The lowest BCUT2D eigenvalue weighted by atomic mass is 9.93. The van der Waals surface area contributed by atoms with Crippen LogP contribution in [0.1, 0.15) is 12.0 Å². The molecule has 0 unspecified atom stereocenters. The zero-order chi connectivity index (χ0) is 19.3. The van der Waals surface area contributed by atoms with Crippen molar-refractivity contribution in [3.63, 3.8) is 0 Å². The number of fused-ring (bicyclic) bond motifs is 1. The van der Waals surface area contributed by atoms with E-state index in [-0.39, 0.29) is 35.3 Å². The number of nitrogens with two attached hydrogens (primary N) is 1. The molecule has 10 heteroatoms. The summed E-state index contributed by atoms with van der Waals surface area (Å²) in [6.45, 7) is 0. The molecule has 0 bridgehead atoms. The Balaban J connectivity index is 2.35. The molecule has 0 aliphatic carbocycles. The highest BCUT2D eigenvalue weighted by Crippen LogP contribution is 2.55. The second kappa shape index (κ2) is 6.30. The number of ether oxygens (including phenoxy) is 1. The van der Waals surface area contributed by atoms with Gasteiger partial charge in [-0.25, -0.2) is 4.39 Å². The van der Waals surface area contributed by atoms with Gasteiger partial charge in [0.1, 0.15) is 5.75 Å². The number of rotatable bonds is 2. The second-order valence-corrected chi connectivity index (χ2v) is 6.41. The quantitative estimate of drug-likeness (QED) is 0.489. The van der Waals surface area contributed by atoms with Crippen molar-refractivity contribution in [1.29, 1.82) is 0 Å². The predicted molar refractivity (Wildman–Crippen MR) is 90.4 cm³/mol. The van der Waals surface area contributed by atoms with Gasteiger partial charge in [0, 0.05) is 16.7 Å². The standard InChI is InChI=1S/C16H12Cl2FNO6/c17-9-8(10(18)13(23)14(24)12(9)22)5-3-6(19)11(21)4-1-2-7(16(20)25)26-15(4)5/h3,7,21-24H,1-2H2,(H2,20,25)/t7-/m1/s1. The van der Waals surface area contributed by atoms with E-state index in [1.807, 2.05) is 0 Å². The van der Waals surface area contributed by atoms with E-state index in [0.717, 1.165) is 6.07 Å². The third-order valence-electron chi connectivity index (χ3n) is 4.11. The van der Waals surface area contributed by atoms with E-state index in [1.165, 1.54) is 0 Å². The molecule has 0 radical (unpaired) electrons. The number of hydrogen-bond acceptors (Lipinski definition) is 6. The lowest BCUT2D eigenvalue weighted by molar-refractivity contribution is -0.125. The Morgan fingerprint density at radius 2 is 1.69 bits per heavy atom. The molecule has 2 aromatic carbocycles. The fourth-order valence-corrected chi connectivity index (χ4v) is 3.41. The average molecular weight is 404 g/mol. The SMILES string of the molecule is NC(=O)[C@H]1CCc2c(O)c(F)cc(-c3c(Cl)c(O)c(O)c(O)c3Cl)c2O1. The highest BCUT2D eigenvalue weighted by Gasteiger charge is 2.33. The molecule has 0 spiro atoms. The van der Waals surface area contributed by atoms with Crippen LogP contribution in [0.2, 0.25) is 10.0 Å². The molecular formula is C16H12Cl2FNO6. The summed E-state index contributed by atoms with van der Waals surface area (Å²) < 4.78 is 19.7. The topological polar surface area (TPSA) is 133 Å². The highest BCUT2D eigenvalue weighted by molar-refractivity contribution is 6.41. The van der Waals surface area contributed by atoms with Gasteiger partial charge < -0.3 is 30.9 Å². The Labute approximate surface area is 156 Å². The number of amides is 1. The Kier molecular flexibility index (Phi) is 4.41. The van der Waals surface area contributed by atoms with Gasteiger partial charge in [-0.05, 0) is 18.9 Å². The van der Waals surface area contributed by atoms with E-state index < -0.39 is 50.9 Å². The van der Waals surface area contributed by atoms with Crippen molar-refractivity contribution < 1.29 is 34.3 Å². The van der Waals surface area contributed by atoms with Crippen molar-refractivity contribution in [1.82, 2.24) is 0 Å². The monoisotopic (exact) mass is 403 g/mol. The van der Waals surface area contributed by atoms with Crippen LogP contribution in [0.4, 0.5) is 4.39 Å². The molecule has 1 atom stereocenters. The molecule has 7 nitrogen and oxygen atoms in total. The molecule has 6 N–H and O–H groups in total. The summed E-state index contributed by atoms with van der Waals surface area (Å²) >= 11 is 12.0. The summed E-state index contributed by atoms with van der Waals surface area (Å²) in [5, 5.41) is 38.3. The van der Waals surface area contributed by atoms with Gasteiger partial charge in [0.05, 0.1) is 10.0 Å². The van der Waals surface area contributed by atoms with Gasteiger partial charge in [-0.2, -0.15) is 0 Å².